The predicted octanol–water partition coefficient (Wildman–Crippen LogP) is 3.42. The number of nitrogens with zero attached hydrogens (tertiary/aromatic N) is 5. The van der Waals surface area contributed by atoms with Gasteiger partial charge in [-0.05, 0) is 88.0 Å². The standard InChI is InChI=1S/C33H44ClF2N7O4S/c34-29-19-25(33(35,36)24-5-3-23(4-6-24)32(45)38-11-14-40-12-1-2-13-40)20-30(39-29)41-15-17-42(18-16-41)48(46,47)28-9-7-27(8-10-28)43-22-26(37)21-31(43)44/h7-10,19-20,23-24,26H,1-6,11-18,21-22,37H2,(H,38,45)/t23-,24-,26-/m1/s1. The first-order valence-electron chi connectivity index (χ1n) is 16.9. The molecular weight excluding hydrogens is 664 g/mol. The summed E-state index contributed by atoms with van der Waals surface area (Å²) >= 11 is 6.27. The SMILES string of the molecule is N[C@@H]1CC(=O)N(c2ccc(S(=O)(=O)N3CCN(c4cc(C(F)(F)[C@H]5CC[C@H](C(=O)NCCN6CCCC6)CC5)cc(Cl)n4)CC3)cc2)C1. The summed E-state index contributed by atoms with van der Waals surface area (Å²) in [6.45, 7) is 4.66. The Bertz CT molecular complexity index is 1580. The Morgan fingerprint density at radius 1 is 1.00 bits per heavy atom. The van der Waals surface area contributed by atoms with Gasteiger partial charge in [0.15, 0.2) is 0 Å². The number of carbonyl (C=O) groups excluding carboxylic acids is 2. The Morgan fingerprint density at radius 2 is 1.67 bits per heavy atom. The van der Waals surface area contributed by atoms with E-state index in [0.717, 1.165) is 19.6 Å². The highest BCUT2D eigenvalue weighted by atomic mass is 35.5. The molecule has 6 rings (SSSR count). The van der Waals surface area contributed by atoms with Gasteiger partial charge in [-0.25, -0.2) is 22.2 Å². The van der Waals surface area contributed by atoms with Crippen LogP contribution in [0.4, 0.5) is 20.3 Å². The fourth-order valence-electron chi connectivity index (χ4n) is 7.37. The molecule has 0 radical (unpaired) electrons. The Balaban J connectivity index is 1.03. The van der Waals surface area contributed by atoms with Crippen LogP contribution in [0.1, 0.15) is 50.5 Å². The molecule has 15 heteroatoms. The summed E-state index contributed by atoms with van der Waals surface area (Å²) in [6, 6.07) is 8.49. The molecule has 11 nitrogen and oxygen atoms in total. The van der Waals surface area contributed by atoms with Gasteiger partial charge in [0.2, 0.25) is 21.8 Å². The number of hydrogen-bond acceptors (Lipinski definition) is 8. The quantitative estimate of drug-likeness (QED) is 0.360. The molecule has 262 valence electrons. The molecule has 1 aromatic heterocycles. The van der Waals surface area contributed by atoms with Gasteiger partial charge >= 0.3 is 0 Å². The molecule has 2 aromatic rings. The van der Waals surface area contributed by atoms with Crippen LogP contribution in [-0.2, 0) is 25.5 Å². The molecule has 1 aromatic carbocycles. The van der Waals surface area contributed by atoms with Gasteiger partial charge in [-0.15, -0.1) is 0 Å². The zero-order chi connectivity index (χ0) is 34.1. The van der Waals surface area contributed by atoms with E-state index in [1.165, 1.54) is 41.4 Å². The third kappa shape index (κ3) is 7.62. The topological polar surface area (TPSA) is 132 Å². The summed E-state index contributed by atoms with van der Waals surface area (Å²) in [6.07, 6.45) is 3.91. The van der Waals surface area contributed by atoms with Crippen molar-refractivity contribution in [2.75, 3.05) is 68.7 Å². The molecule has 1 saturated carbocycles. The van der Waals surface area contributed by atoms with Crippen LogP contribution in [0, 0.1) is 11.8 Å². The molecule has 2 amide bonds. The number of benzene rings is 1. The lowest BCUT2D eigenvalue weighted by Gasteiger charge is -2.36. The number of rotatable bonds is 10. The number of alkyl halides is 2. The zero-order valence-electron chi connectivity index (χ0n) is 27.0. The van der Waals surface area contributed by atoms with Crippen LogP contribution >= 0.6 is 11.6 Å². The molecule has 1 atom stereocenters. The molecule has 4 heterocycles. The Kier molecular flexibility index (Phi) is 10.6. The average molecular weight is 708 g/mol. The first kappa shape index (κ1) is 34.9. The second-order valence-corrected chi connectivity index (χ2v) is 15.7. The monoisotopic (exact) mass is 707 g/mol. The van der Waals surface area contributed by atoms with Gasteiger partial charge in [0.05, 0.1) is 4.90 Å². The second-order valence-electron chi connectivity index (χ2n) is 13.4. The largest absolute Gasteiger partial charge is 0.355 e. The van der Waals surface area contributed by atoms with Gasteiger partial charge in [-0.3, -0.25) is 9.59 Å². The minimum Gasteiger partial charge on any atom is -0.355 e. The number of piperazine rings is 1. The molecule has 3 saturated heterocycles. The average Bonchev–Trinajstić information content (AvgIpc) is 3.73. The number of likely N-dealkylation sites (tertiary alicyclic amines) is 1. The lowest BCUT2D eigenvalue weighted by Crippen LogP contribution is -2.49. The molecule has 0 unspecified atom stereocenters. The number of carbonyl (C=O) groups is 2. The first-order valence-corrected chi connectivity index (χ1v) is 18.7. The van der Waals surface area contributed by atoms with Gasteiger partial charge in [0, 0.05) is 81.4 Å². The van der Waals surface area contributed by atoms with Crippen molar-refractivity contribution < 1.29 is 26.8 Å². The fourth-order valence-corrected chi connectivity index (χ4v) is 8.99. The maximum absolute atomic E-state index is 15.9. The summed E-state index contributed by atoms with van der Waals surface area (Å²) in [7, 11) is -3.82. The Hall–Kier alpha value is -2.91. The summed E-state index contributed by atoms with van der Waals surface area (Å²) < 4.78 is 60.0. The summed E-state index contributed by atoms with van der Waals surface area (Å²) in [5, 5.41) is 2.94. The van der Waals surface area contributed by atoms with E-state index < -0.39 is 21.9 Å². The van der Waals surface area contributed by atoms with E-state index in [2.05, 4.69) is 15.2 Å². The van der Waals surface area contributed by atoms with Crippen LogP contribution in [0.5, 0.6) is 0 Å². The normalized spacial score (nSPS) is 24.8. The number of nitrogens with one attached hydrogen (secondary N) is 1. The molecule has 3 aliphatic heterocycles. The third-order valence-corrected chi connectivity index (χ3v) is 12.3. The van der Waals surface area contributed by atoms with E-state index in [1.54, 1.807) is 21.9 Å². The third-order valence-electron chi connectivity index (χ3n) is 10.2. The summed E-state index contributed by atoms with van der Waals surface area (Å²) in [4.78, 5) is 34.9. The molecule has 3 N–H and O–H groups in total. The van der Waals surface area contributed by atoms with E-state index in [4.69, 9.17) is 17.3 Å². The number of pyridine rings is 1. The lowest BCUT2D eigenvalue weighted by atomic mass is 9.77. The van der Waals surface area contributed by atoms with Crippen LogP contribution in [0.2, 0.25) is 5.15 Å². The van der Waals surface area contributed by atoms with Gasteiger partial charge in [0.25, 0.3) is 5.92 Å². The van der Waals surface area contributed by atoms with Crippen molar-refractivity contribution in [2.45, 2.75) is 61.8 Å². The number of halogens is 3. The molecule has 0 spiro atoms. The van der Waals surface area contributed by atoms with Gasteiger partial charge in [-0.1, -0.05) is 11.6 Å². The van der Waals surface area contributed by atoms with Gasteiger partial charge < -0.3 is 25.8 Å². The van der Waals surface area contributed by atoms with Crippen molar-refractivity contribution in [2.24, 2.45) is 17.6 Å². The van der Waals surface area contributed by atoms with Gasteiger partial charge in [0.1, 0.15) is 11.0 Å². The van der Waals surface area contributed by atoms with E-state index in [-0.39, 0.29) is 90.6 Å². The molecule has 1 aliphatic carbocycles. The van der Waals surface area contributed by atoms with E-state index in [1.807, 2.05) is 0 Å². The number of amides is 2. The number of anilines is 2. The highest BCUT2D eigenvalue weighted by molar-refractivity contribution is 7.89. The van der Waals surface area contributed by atoms with Crippen molar-refractivity contribution in [1.29, 1.82) is 0 Å². The first-order chi connectivity index (χ1) is 22.9. The summed E-state index contributed by atoms with van der Waals surface area (Å²) in [5.74, 6) is -4.22. The highest BCUT2D eigenvalue weighted by Gasteiger charge is 2.44. The molecule has 4 aliphatic rings. The van der Waals surface area contributed by atoms with Gasteiger partial charge in [-0.2, -0.15) is 4.31 Å². The minimum absolute atomic E-state index is 0.0489. The molecular formula is C33H44ClF2N7O4S. The maximum atomic E-state index is 15.9. The van der Waals surface area contributed by atoms with Crippen molar-refractivity contribution in [3.8, 4) is 0 Å². The Morgan fingerprint density at radius 3 is 2.29 bits per heavy atom. The van der Waals surface area contributed by atoms with Crippen LogP contribution in [0.15, 0.2) is 41.3 Å². The zero-order valence-corrected chi connectivity index (χ0v) is 28.6. The van der Waals surface area contributed by atoms with Crippen LogP contribution in [0.25, 0.3) is 0 Å². The van der Waals surface area contributed by atoms with Crippen LogP contribution in [-0.4, -0.2) is 99.4 Å². The number of nitrogens with two attached hydrogens (primary N) is 1. The van der Waals surface area contributed by atoms with Crippen molar-refractivity contribution in [3.63, 3.8) is 0 Å². The highest BCUT2D eigenvalue weighted by Crippen LogP contribution is 2.46. The minimum atomic E-state index is -3.82. The van der Waals surface area contributed by atoms with Crippen LogP contribution < -0.4 is 20.9 Å². The van der Waals surface area contributed by atoms with E-state index in [9.17, 15) is 18.0 Å². The van der Waals surface area contributed by atoms with Crippen molar-refractivity contribution in [1.82, 2.24) is 19.5 Å². The Labute approximate surface area is 285 Å². The molecule has 4 fully saturated rings. The fraction of sp³-hybridized carbons (Fsp3) is 0.606. The van der Waals surface area contributed by atoms with E-state index in [0.29, 0.717) is 31.6 Å². The lowest BCUT2D eigenvalue weighted by molar-refractivity contribution is -0.129. The second kappa shape index (κ2) is 14.5. The van der Waals surface area contributed by atoms with Crippen molar-refractivity contribution in [3.05, 3.63) is 47.1 Å². The predicted molar refractivity (Wildman–Crippen MR) is 180 cm³/mol. The molecule has 0 bridgehead atoms. The van der Waals surface area contributed by atoms with Crippen LogP contribution in [0.3, 0.4) is 0 Å². The maximum Gasteiger partial charge on any atom is 0.276 e. The smallest absolute Gasteiger partial charge is 0.276 e. The number of aromatic nitrogens is 1. The number of sulfonamides is 1. The number of hydrogen-bond donors (Lipinski definition) is 2. The van der Waals surface area contributed by atoms with E-state index >= 15 is 8.78 Å². The van der Waals surface area contributed by atoms with Crippen molar-refractivity contribution >= 4 is 44.9 Å². The molecule has 48 heavy (non-hydrogen) atoms. The summed E-state index contributed by atoms with van der Waals surface area (Å²) in [5.41, 5.74) is 6.26.